The van der Waals surface area contributed by atoms with Gasteiger partial charge in [-0.3, -0.25) is 0 Å². The van der Waals surface area contributed by atoms with Crippen molar-refractivity contribution in [3.63, 3.8) is 0 Å². The van der Waals surface area contributed by atoms with Crippen LogP contribution >= 0.6 is 15.9 Å². The average molecular weight is 298 g/mol. The second-order valence-electron chi connectivity index (χ2n) is 4.13. The maximum Gasteiger partial charge on any atom is 0.105 e. The number of nitriles is 1. The summed E-state index contributed by atoms with van der Waals surface area (Å²) in [5.41, 5.74) is 2.97. The molecule has 3 nitrogen and oxygen atoms in total. The lowest BCUT2D eigenvalue weighted by Crippen LogP contribution is -2.20. The van der Waals surface area contributed by atoms with Crippen molar-refractivity contribution in [2.45, 2.75) is 32.5 Å². The Kier molecular flexibility index (Phi) is 5.13. The zero-order valence-electron chi connectivity index (χ0n) is 9.94. The van der Waals surface area contributed by atoms with Crippen LogP contribution in [0.3, 0.4) is 0 Å². The molecule has 0 saturated heterocycles. The molecule has 0 aliphatic rings. The number of benzene rings is 1. The van der Waals surface area contributed by atoms with Crippen molar-refractivity contribution >= 4 is 15.9 Å². The summed E-state index contributed by atoms with van der Waals surface area (Å²) in [5, 5.41) is 29.4. The van der Waals surface area contributed by atoms with Gasteiger partial charge in [-0.15, -0.1) is 0 Å². The Morgan fingerprint density at radius 1 is 1.29 bits per heavy atom. The fourth-order valence-electron chi connectivity index (χ4n) is 1.97. The Balaban J connectivity index is 3.10. The highest BCUT2D eigenvalue weighted by Crippen LogP contribution is 2.27. The lowest BCUT2D eigenvalue weighted by molar-refractivity contribution is 0.0166. The Bertz CT molecular complexity index is 417. The predicted molar refractivity (Wildman–Crippen MR) is 70.0 cm³/mol. The minimum Gasteiger partial charge on any atom is -0.390 e. The minimum absolute atomic E-state index is 0.486. The number of aliphatic hydroxyl groups excluding tert-OH is 2. The van der Waals surface area contributed by atoms with Gasteiger partial charge in [0.1, 0.15) is 6.10 Å². The van der Waals surface area contributed by atoms with Gasteiger partial charge in [-0.25, -0.2) is 0 Å². The van der Waals surface area contributed by atoms with Crippen LogP contribution in [0.2, 0.25) is 0 Å². The summed E-state index contributed by atoms with van der Waals surface area (Å²) in [6, 6.07) is 5.53. The molecule has 0 aliphatic heterocycles. The molecule has 0 fully saturated rings. The number of rotatable bonds is 4. The van der Waals surface area contributed by atoms with Crippen LogP contribution in [-0.4, -0.2) is 21.6 Å². The Morgan fingerprint density at radius 3 is 2.24 bits per heavy atom. The van der Waals surface area contributed by atoms with E-state index in [1.807, 2.05) is 13.8 Å². The minimum atomic E-state index is -0.903. The average Bonchev–Trinajstić information content (AvgIpc) is 2.28. The molecule has 1 rings (SSSR count). The molecule has 2 unspecified atom stereocenters. The summed E-state index contributed by atoms with van der Waals surface area (Å²) in [6.07, 6.45) is -1.21. The van der Waals surface area contributed by atoms with Crippen LogP contribution in [0.4, 0.5) is 0 Å². The molecule has 4 heteroatoms. The van der Waals surface area contributed by atoms with Crippen molar-refractivity contribution in [2.75, 3.05) is 5.33 Å². The molecule has 17 heavy (non-hydrogen) atoms. The molecule has 0 saturated carbocycles. The summed E-state index contributed by atoms with van der Waals surface area (Å²) >= 11 is 3.24. The third-order valence-corrected chi connectivity index (χ3v) is 3.25. The van der Waals surface area contributed by atoms with E-state index >= 15 is 0 Å². The zero-order chi connectivity index (χ0) is 13.0. The lowest BCUT2D eigenvalue weighted by Gasteiger charge is -2.21. The molecule has 92 valence electrons. The van der Waals surface area contributed by atoms with Gasteiger partial charge in [0, 0.05) is 5.33 Å². The number of nitrogens with zero attached hydrogens (tertiary/aromatic N) is 1. The molecule has 2 atom stereocenters. The number of hydrogen-bond donors (Lipinski definition) is 2. The Hall–Kier alpha value is -0.890. The molecule has 2 N–H and O–H groups in total. The third kappa shape index (κ3) is 3.29. The maximum atomic E-state index is 10.1. The van der Waals surface area contributed by atoms with Gasteiger partial charge in [0.05, 0.1) is 17.7 Å². The summed E-state index contributed by atoms with van der Waals surface area (Å²) in [7, 11) is 0. The van der Waals surface area contributed by atoms with Gasteiger partial charge in [0.15, 0.2) is 0 Å². The molecular weight excluding hydrogens is 282 g/mol. The molecule has 0 amide bonds. The second kappa shape index (κ2) is 6.15. The highest BCUT2D eigenvalue weighted by atomic mass is 79.9. The van der Waals surface area contributed by atoms with Gasteiger partial charge in [-0.2, -0.15) is 5.26 Å². The first-order chi connectivity index (χ1) is 8.01. The van der Waals surface area contributed by atoms with Crippen LogP contribution in [0.5, 0.6) is 0 Å². The van der Waals surface area contributed by atoms with E-state index in [2.05, 4.69) is 22.0 Å². The van der Waals surface area contributed by atoms with Crippen LogP contribution in [0.1, 0.15) is 34.8 Å². The molecule has 0 heterocycles. The quantitative estimate of drug-likeness (QED) is 0.839. The second-order valence-corrected chi connectivity index (χ2v) is 4.92. The summed E-state index contributed by atoms with van der Waals surface area (Å²) in [4.78, 5) is 0. The van der Waals surface area contributed by atoms with Crippen LogP contribution < -0.4 is 0 Å². The Morgan fingerprint density at radius 2 is 1.82 bits per heavy atom. The summed E-state index contributed by atoms with van der Waals surface area (Å²) < 4.78 is 0. The fraction of sp³-hybridized carbons (Fsp3) is 0.462. The fourth-order valence-corrected chi connectivity index (χ4v) is 2.44. The predicted octanol–water partition coefficient (Wildman–Crippen LogP) is 2.35. The van der Waals surface area contributed by atoms with E-state index in [1.54, 1.807) is 12.1 Å². The molecule has 0 radical (unpaired) electrons. The van der Waals surface area contributed by atoms with E-state index in [0.29, 0.717) is 17.3 Å². The van der Waals surface area contributed by atoms with Crippen LogP contribution in [0.25, 0.3) is 0 Å². The molecular formula is C13H16BrNO2. The monoisotopic (exact) mass is 297 g/mol. The molecule has 0 aromatic heterocycles. The zero-order valence-corrected chi connectivity index (χ0v) is 11.5. The van der Waals surface area contributed by atoms with Crippen molar-refractivity contribution < 1.29 is 10.2 Å². The largest absolute Gasteiger partial charge is 0.390 e. The number of aryl methyl sites for hydroxylation is 2. The molecule has 0 aliphatic carbocycles. The molecule has 1 aromatic rings. The number of alkyl halides is 1. The van der Waals surface area contributed by atoms with Crippen molar-refractivity contribution in [1.82, 2.24) is 0 Å². The summed E-state index contributed by atoms with van der Waals surface area (Å²) in [6.45, 7) is 3.68. The van der Waals surface area contributed by atoms with E-state index in [-0.39, 0.29) is 0 Å². The Labute approximate surface area is 110 Å². The first-order valence-corrected chi connectivity index (χ1v) is 6.56. The van der Waals surface area contributed by atoms with Crippen molar-refractivity contribution in [2.24, 2.45) is 0 Å². The van der Waals surface area contributed by atoms with Crippen molar-refractivity contribution in [3.8, 4) is 6.07 Å². The highest BCUT2D eigenvalue weighted by Gasteiger charge is 2.21. The van der Waals surface area contributed by atoms with E-state index in [0.717, 1.165) is 16.7 Å². The van der Waals surface area contributed by atoms with Crippen LogP contribution in [0.15, 0.2) is 12.1 Å². The third-order valence-electron chi connectivity index (χ3n) is 2.79. The van der Waals surface area contributed by atoms with Crippen LogP contribution in [0, 0.1) is 25.2 Å². The maximum absolute atomic E-state index is 10.1. The van der Waals surface area contributed by atoms with Gasteiger partial charge < -0.3 is 10.2 Å². The number of aliphatic hydroxyl groups is 2. The molecule has 1 aromatic carbocycles. The topological polar surface area (TPSA) is 64.2 Å². The smallest absolute Gasteiger partial charge is 0.105 e. The van der Waals surface area contributed by atoms with Gasteiger partial charge in [0.25, 0.3) is 0 Å². The number of halogens is 1. The first kappa shape index (κ1) is 14.2. The number of hydrogen-bond acceptors (Lipinski definition) is 3. The summed E-state index contributed by atoms with van der Waals surface area (Å²) in [5.74, 6) is 0. The van der Waals surface area contributed by atoms with Crippen LogP contribution in [-0.2, 0) is 0 Å². The highest BCUT2D eigenvalue weighted by molar-refractivity contribution is 9.09. The standard InChI is InChI=1S/C13H16BrNO2/c1-8-5-10(7-15)6-9(2)12(8)13(17)11(16)3-4-14/h5-6,11,13,16-17H,3-4H2,1-2H3. The molecule has 0 bridgehead atoms. The van der Waals surface area contributed by atoms with Gasteiger partial charge in [-0.05, 0) is 49.1 Å². The molecule has 0 spiro atoms. The lowest BCUT2D eigenvalue weighted by atomic mass is 9.92. The van der Waals surface area contributed by atoms with Crippen molar-refractivity contribution in [1.29, 1.82) is 5.26 Å². The normalized spacial score (nSPS) is 14.1. The van der Waals surface area contributed by atoms with Gasteiger partial charge >= 0.3 is 0 Å². The van der Waals surface area contributed by atoms with Crippen molar-refractivity contribution in [3.05, 3.63) is 34.4 Å². The van der Waals surface area contributed by atoms with Gasteiger partial charge in [0.2, 0.25) is 0 Å². The van der Waals surface area contributed by atoms with E-state index in [4.69, 9.17) is 5.26 Å². The SMILES string of the molecule is Cc1cc(C#N)cc(C)c1C(O)C(O)CCBr. The van der Waals surface area contributed by atoms with Gasteiger partial charge in [-0.1, -0.05) is 15.9 Å². The first-order valence-electron chi connectivity index (χ1n) is 5.44. The van der Waals surface area contributed by atoms with E-state index < -0.39 is 12.2 Å². The van der Waals surface area contributed by atoms with E-state index in [1.165, 1.54) is 0 Å². The van der Waals surface area contributed by atoms with E-state index in [9.17, 15) is 10.2 Å².